The van der Waals surface area contributed by atoms with Crippen LogP contribution in [0.2, 0.25) is 0 Å². The van der Waals surface area contributed by atoms with Gasteiger partial charge in [0.15, 0.2) is 24.7 Å². The monoisotopic (exact) mass is 388 g/mol. The molecule has 0 N–H and O–H groups in total. The molecule has 0 aliphatic rings. The summed E-state index contributed by atoms with van der Waals surface area (Å²) in [5.41, 5.74) is 1.45. The van der Waals surface area contributed by atoms with Crippen LogP contribution in [0.15, 0.2) is 36.4 Å². The van der Waals surface area contributed by atoms with Crippen molar-refractivity contribution in [3.8, 4) is 23.0 Å². The van der Waals surface area contributed by atoms with Gasteiger partial charge in [-0.05, 0) is 36.2 Å². The molecule has 7 nitrogen and oxygen atoms in total. The van der Waals surface area contributed by atoms with Crippen molar-refractivity contribution in [1.29, 1.82) is 0 Å². The molecule has 150 valence electrons. The van der Waals surface area contributed by atoms with Crippen LogP contribution in [0.1, 0.15) is 22.8 Å². The van der Waals surface area contributed by atoms with Crippen LogP contribution in [-0.4, -0.2) is 46.3 Å². The Morgan fingerprint density at radius 1 is 0.857 bits per heavy atom. The molecule has 0 spiro atoms. The first-order valence-corrected chi connectivity index (χ1v) is 8.72. The summed E-state index contributed by atoms with van der Waals surface area (Å²) in [5.74, 6) is 0.581. The Morgan fingerprint density at radius 2 is 1.46 bits per heavy atom. The lowest BCUT2D eigenvalue weighted by atomic mass is 10.1. The van der Waals surface area contributed by atoms with Crippen LogP contribution in [0.3, 0.4) is 0 Å². The summed E-state index contributed by atoms with van der Waals surface area (Å²) >= 11 is 0. The topological polar surface area (TPSA) is 80.3 Å². The van der Waals surface area contributed by atoms with Gasteiger partial charge in [-0.25, -0.2) is 4.79 Å². The molecule has 2 aromatic rings. The van der Waals surface area contributed by atoms with E-state index in [1.54, 1.807) is 12.1 Å². The van der Waals surface area contributed by atoms with Gasteiger partial charge in [-0.3, -0.25) is 4.79 Å². The quantitative estimate of drug-likeness (QED) is 0.457. The Balaban J connectivity index is 1.92. The number of esters is 1. The van der Waals surface area contributed by atoms with E-state index < -0.39 is 18.4 Å². The molecule has 0 aliphatic carbocycles. The number of methoxy groups -OCH3 is 3. The predicted molar refractivity (Wildman–Crippen MR) is 103 cm³/mol. The van der Waals surface area contributed by atoms with Crippen molar-refractivity contribution in [2.24, 2.45) is 0 Å². The van der Waals surface area contributed by atoms with E-state index in [0.29, 0.717) is 23.0 Å². The normalized spacial score (nSPS) is 10.1. The van der Waals surface area contributed by atoms with E-state index in [2.05, 4.69) is 6.92 Å². The van der Waals surface area contributed by atoms with Crippen molar-refractivity contribution in [3.63, 3.8) is 0 Å². The molecule has 7 heteroatoms. The number of rotatable bonds is 10. The minimum atomic E-state index is -0.639. The zero-order valence-electron chi connectivity index (χ0n) is 16.4. The largest absolute Gasteiger partial charge is 0.493 e. The Kier molecular flexibility index (Phi) is 7.68. The molecule has 0 fully saturated rings. The second-order valence-electron chi connectivity index (χ2n) is 5.78. The Hall–Kier alpha value is -3.22. The van der Waals surface area contributed by atoms with Gasteiger partial charge in [0.25, 0.3) is 0 Å². The van der Waals surface area contributed by atoms with Crippen LogP contribution in [0.5, 0.6) is 23.0 Å². The number of benzene rings is 2. The Bertz CT molecular complexity index is 787. The van der Waals surface area contributed by atoms with Crippen LogP contribution in [0.25, 0.3) is 0 Å². The molecule has 0 amide bonds. The standard InChI is InChI=1S/C21H24O7/c1-5-14-6-8-16(9-7-14)27-13-20(23)28-12-17(22)15-10-18(24-2)21(26-4)19(11-15)25-3/h6-11H,5,12-13H2,1-4H3. The van der Waals surface area contributed by atoms with E-state index in [0.717, 1.165) is 6.42 Å². The first kappa shape index (κ1) is 21.1. The lowest BCUT2D eigenvalue weighted by Crippen LogP contribution is -2.19. The van der Waals surface area contributed by atoms with Gasteiger partial charge < -0.3 is 23.7 Å². The van der Waals surface area contributed by atoms with E-state index in [1.165, 1.54) is 39.0 Å². The predicted octanol–water partition coefficient (Wildman–Crippen LogP) is 3.08. The lowest BCUT2D eigenvalue weighted by molar-refractivity contribution is -0.144. The van der Waals surface area contributed by atoms with Gasteiger partial charge in [0.1, 0.15) is 5.75 Å². The lowest BCUT2D eigenvalue weighted by Gasteiger charge is -2.13. The summed E-state index contributed by atoms with van der Waals surface area (Å²) in [4.78, 5) is 24.2. The molecule has 0 atom stereocenters. The van der Waals surface area contributed by atoms with Crippen LogP contribution >= 0.6 is 0 Å². The molecule has 0 aliphatic heterocycles. The summed E-state index contributed by atoms with van der Waals surface area (Å²) in [5, 5.41) is 0. The number of ketones is 1. The Labute approximate surface area is 164 Å². The average Bonchev–Trinajstić information content (AvgIpc) is 2.74. The van der Waals surface area contributed by atoms with Gasteiger partial charge in [0.2, 0.25) is 11.5 Å². The number of ether oxygens (including phenoxy) is 5. The van der Waals surface area contributed by atoms with E-state index in [-0.39, 0.29) is 12.2 Å². The van der Waals surface area contributed by atoms with Crippen molar-refractivity contribution >= 4 is 11.8 Å². The number of hydrogen-bond donors (Lipinski definition) is 0. The third kappa shape index (κ3) is 5.39. The highest BCUT2D eigenvalue weighted by Crippen LogP contribution is 2.38. The number of carbonyl (C=O) groups is 2. The fourth-order valence-electron chi connectivity index (χ4n) is 2.48. The minimum Gasteiger partial charge on any atom is -0.493 e. The zero-order chi connectivity index (χ0) is 20.5. The fourth-order valence-corrected chi connectivity index (χ4v) is 2.48. The van der Waals surface area contributed by atoms with Crippen LogP contribution in [-0.2, 0) is 16.0 Å². The molecule has 0 radical (unpaired) electrons. The molecule has 28 heavy (non-hydrogen) atoms. The first-order chi connectivity index (χ1) is 13.5. The maximum absolute atomic E-state index is 12.4. The Morgan fingerprint density at radius 3 is 1.96 bits per heavy atom. The number of carbonyl (C=O) groups excluding carboxylic acids is 2. The molecule has 0 aromatic heterocycles. The zero-order valence-corrected chi connectivity index (χ0v) is 16.4. The van der Waals surface area contributed by atoms with Crippen LogP contribution in [0.4, 0.5) is 0 Å². The van der Waals surface area contributed by atoms with Gasteiger partial charge in [-0.1, -0.05) is 19.1 Å². The molecular weight excluding hydrogens is 364 g/mol. The summed E-state index contributed by atoms with van der Waals surface area (Å²) in [6, 6.07) is 10.4. The maximum atomic E-state index is 12.4. The highest BCUT2D eigenvalue weighted by atomic mass is 16.6. The third-order valence-corrected chi connectivity index (χ3v) is 4.04. The molecule has 0 unspecified atom stereocenters. The molecule has 0 heterocycles. The number of aryl methyl sites for hydroxylation is 1. The highest BCUT2D eigenvalue weighted by Gasteiger charge is 2.18. The van der Waals surface area contributed by atoms with E-state index in [9.17, 15) is 9.59 Å². The average molecular weight is 388 g/mol. The van der Waals surface area contributed by atoms with Gasteiger partial charge >= 0.3 is 5.97 Å². The van der Waals surface area contributed by atoms with Crippen molar-refractivity contribution < 1.29 is 33.3 Å². The van der Waals surface area contributed by atoms with Crippen molar-refractivity contribution in [3.05, 3.63) is 47.5 Å². The minimum absolute atomic E-state index is 0.276. The van der Waals surface area contributed by atoms with Crippen molar-refractivity contribution in [2.75, 3.05) is 34.5 Å². The second kappa shape index (κ2) is 10.2. The molecule has 0 bridgehead atoms. The molecule has 0 saturated heterocycles. The van der Waals surface area contributed by atoms with E-state index in [4.69, 9.17) is 23.7 Å². The summed E-state index contributed by atoms with van der Waals surface area (Å²) in [7, 11) is 4.38. The first-order valence-electron chi connectivity index (χ1n) is 8.72. The second-order valence-corrected chi connectivity index (χ2v) is 5.78. The number of Topliss-reactive ketones (excluding diaryl/α,β-unsaturated/α-hetero) is 1. The van der Waals surface area contributed by atoms with Gasteiger partial charge in [-0.2, -0.15) is 0 Å². The van der Waals surface area contributed by atoms with E-state index >= 15 is 0 Å². The van der Waals surface area contributed by atoms with Crippen LogP contribution in [0, 0.1) is 0 Å². The SMILES string of the molecule is CCc1ccc(OCC(=O)OCC(=O)c2cc(OC)c(OC)c(OC)c2)cc1. The van der Waals surface area contributed by atoms with Crippen LogP contribution < -0.4 is 18.9 Å². The van der Waals surface area contributed by atoms with Gasteiger partial charge in [0.05, 0.1) is 21.3 Å². The third-order valence-electron chi connectivity index (χ3n) is 4.04. The summed E-state index contributed by atoms with van der Waals surface area (Å²) < 4.78 is 26.0. The van der Waals surface area contributed by atoms with Crippen molar-refractivity contribution in [1.82, 2.24) is 0 Å². The number of hydrogen-bond acceptors (Lipinski definition) is 7. The molecular formula is C21H24O7. The molecule has 2 rings (SSSR count). The maximum Gasteiger partial charge on any atom is 0.344 e. The smallest absolute Gasteiger partial charge is 0.344 e. The summed E-state index contributed by atoms with van der Waals surface area (Å²) in [6.45, 7) is 1.35. The van der Waals surface area contributed by atoms with Gasteiger partial charge in [-0.15, -0.1) is 0 Å². The highest BCUT2D eigenvalue weighted by molar-refractivity contribution is 5.99. The summed E-state index contributed by atoms with van der Waals surface area (Å²) in [6.07, 6.45) is 0.922. The van der Waals surface area contributed by atoms with E-state index in [1.807, 2.05) is 12.1 Å². The van der Waals surface area contributed by atoms with Gasteiger partial charge in [0, 0.05) is 5.56 Å². The molecule has 2 aromatic carbocycles. The molecule has 0 saturated carbocycles. The van der Waals surface area contributed by atoms with Crippen molar-refractivity contribution in [2.45, 2.75) is 13.3 Å². The fraction of sp³-hybridized carbons (Fsp3) is 0.333.